The van der Waals surface area contributed by atoms with Crippen LogP contribution in [-0.4, -0.2) is 50.3 Å². The Morgan fingerprint density at radius 1 is 1.12 bits per heavy atom. The molecule has 2 aromatic rings. The van der Waals surface area contributed by atoms with Crippen LogP contribution in [0.5, 0.6) is 5.75 Å². The smallest absolute Gasteiger partial charge is 0.227 e. The Hall–Kier alpha value is -2.40. The van der Waals surface area contributed by atoms with Crippen molar-refractivity contribution in [2.24, 2.45) is 4.99 Å². The average molecular weight is 569 g/mol. The summed E-state index contributed by atoms with van der Waals surface area (Å²) < 4.78 is 11.0. The molecular formula is C24H36IN5O3. The predicted octanol–water partition coefficient (Wildman–Crippen LogP) is 3.82. The first-order valence-electron chi connectivity index (χ1n) is 11.0. The summed E-state index contributed by atoms with van der Waals surface area (Å²) in [5, 5.41) is 9.23. The zero-order chi connectivity index (χ0) is 23.2. The van der Waals surface area contributed by atoms with Crippen LogP contribution in [0.2, 0.25) is 0 Å². The number of pyridine rings is 1. The van der Waals surface area contributed by atoms with E-state index in [-0.39, 0.29) is 29.9 Å². The molecule has 0 aliphatic rings. The summed E-state index contributed by atoms with van der Waals surface area (Å²) in [6.45, 7) is 8.84. The highest BCUT2D eigenvalue weighted by Crippen LogP contribution is 2.21. The van der Waals surface area contributed by atoms with Crippen molar-refractivity contribution in [2.45, 2.75) is 40.2 Å². The second-order valence-electron chi connectivity index (χ2n) is 7.39. The van der Waals surface area contributed by atoms with E-state index in [2.05, 4.69) is 32.0 Å². The van der Waals surface area contributed by atoms with Crippen LogP contribution in [0.25, 0.3) is 0 Å². The minimum Gasteiger partial charge on any atom is -0.493 e. The molecule has 1 aromatic heterocycles. The predicted molar refractivity (Wildman–Crippen MR) is 144 cm³/mol. The molecule has 0 unspecified atom stereocenters. The van der Waals surface area contributed by atoms with E-state index in [0.717, 1.165) is 35.5 Å². The second-order valence-corrected chi connectivity index (χ2v) is 7.39. The first-order chi connectivity index (χ1) is 15.5. The number of carbonyl (C=O) groups is 1. The summed E-state index contributed by atoms with van der Waals surface area (Å²) in [4.78, 5) is 21.1. The summed E-state index contributed by atoms with van der Waals surface area (Å²) in [5.74, 6) is 1.95. The van der Waals surface area contributed by atoms with Crippen molar-refractivity contribution in [1.82, 2.24) is 15.6 Å². The van der Waals surface area contributed by atoms with Gasteiger partial charge in [-0.05, 0) is 44.5 Å². The molecule has 0 bridgehead atoms. The molecule has 0 spiro atoms. The van der Waals surface area contributed by atoms with Crippen molar-refractivity contribution < 1.29 is 14.3 Å². The summed E-state index contributed by atoms with van der Waals surface area (Å²) in [6, 6.07) is 11.7. The van der Waals surface area contributed by atoms with Crippen LogP contribution in [-0.2, 0) is 16.1 Å². The van der Waals surface area contributed by atoms with Crippen LogP contribution in [0.4, 0.5) is 5.82 Å². The summed E-state index contributed by atoms with van der Waals surface area (Å²) in [7, 11) is 1.69. The number of ether oxygens (including phenoxy) is 2. The fraction of sp³-hybridized carbons (Fsp3) is 0.458. The number of benzene rings is 1. The molecule has 0 aliphatic carbocycles. The van der Waals surface area contributed by atoms with E-state index < -0.39 is 0 Å². The van der Waals surface area contributed by atoms with E-state index >= 15 is 0 Å². The lowest BCUT2D eigenvalue weighted by Crippen LogP contribution is -2.38. The van der Waals surface area contributed by atoms with E-state index in [1.807, 2.05) is 45.0 Å². The number of hydrogen-bond acceptors (Lipinski definition) is 5. The van der Waals surface area contributed by atoms with Gasteiger partial charge in [-0.25, -0.2) is 9.98 Å². The molecule has 0 saturated heterocycles. The molecule has 0 fully saturated rings. The molecule has 0 aliphatic heterocycles. The summed E-state index contributed by atoms with van der Waals surface area (Å²) in [5.41, 5.74) is 3.01. The summed E-state index contributed by atoms with van der Waals surface area (Å²) in [6.07, 6.45) is 1.13. The van der Waals surface area contributed by atoms with Crippen LogP contribution >= 0.6 is 24.0 Å². The SMILES string of the molecule is CCNC(=NCc1ccc(C)cc1OCCCOC)NCCC(=O)Nc1cccc(C)n1.I. The lowest BCUT2D eigenvalue weighted by molar-refractivity contribution is -0.116. The van der Waals surface area contributed by atoms with E-state index in [9.17, 15) is 4.79 Å². The highest BCUT2D eigenvalue weighted by atomic mass is 127. The van der Waals surface area contributed by atoms with Crippen LogP contribution < -0.4 is 20.7 Å². The molecule has 0 saturated carbocycles. The standard InChI is InChI=1S/C24H35N5O3.HI/c1-5-25-24(26-13-12-23(30)29-22-9-6-8-19(3)28-22)27-17-20-11-10-18(2)16-21(20)32-15-7-14-31-4;/h6,8-11,16H,5,7,12-15,17H2,1-4H3,(H2,25,26,27)(H,28,29,30);1H. The Labute approximate surface area is 214 Å². The van der Waals surface area contributed by atoms with Gasteiger partial charge >= 0.3 is 0 Å². The Bertz CT molecular complexity index is 892. The Morgan fingerprint density at radius 3 is 2.67 bits per heavy atom. The number of nitrogens with one attached hydrogen (secondary N) is 3. The Balaban J connectivity index is 0.00000544. The first-order valence-corrected chi connectivity index (χ1v) is 11.0. The lowest BCUT2D eigenvalue weighted by Gasteiger charge is -2.14. The lowest BCUT2D eigenvalue weighted by atomic mass is 10.1. The third-order valence-corrected chi connectivity index (χ3v) is 4.53. The van der Waals surface area contributed by atoms with E-state index in [0.29, 0.717) is 44.5 Å². The second kappa shape index (κ2) is 16.2. The van der Waals surface area contributed by atoms with Gasteiger partial charge in [0.2, 0.25) is 5.91 Å². The number of amides is 1. The highest BCUT2D eigenvalue weighted by molar-refractivity contribution is 14.0. The fourth-order valence-electron chi connectivity index (χ4n) is 2.93. The van der Waals surface area contributed by atoms with E-state index in [1.165, 1.54) is 0 Å². The Morgan fingerprint density at radius 2 is 1.94 bits per heavy atom. The molecule has 9 heteroatoms. The molecule has 1 aromatic carbocycles. The minimum atomic E-state index is -0.100. The average Bonchev–Trinajstić information content (AvgIpc) is 2.76. The van der Waals surface area contributed by atoms with Gasteiger partial charge in [0.1, 0.15) is 11.6 Å². The molecule has 2 rings (SSSR count). The molecule has 182 valence electrons. The number of methoxy groups -OCH3 is 1. The molecule has 0 radical (unpaired) electrons. The van der Waals surface area contributed by atoms with Gasteiger partial charge in [0.25, 0.3) is 0 Å². The third kappa shape index (κ3) is 11.3. The summed E-state index contributed by atoms with van der Waals surface area (Å²) >= 11 is 0. The number of rotatable bonds is 12. The molecular weight excluding hydrogens is 533 g/mol. The highest BCUT2D eigenvalue weighted by Gasteiger charge is 2.07. The van der Waals surface area contributed by atoms with Crippen LogP contribution in [0.3, 0.4) is 0 Å². The van der Waals surface area contributed by atoms with Crippen molar-refractivity contribution >= 4 is 41.7 Å². The number of guanidine groups is 1. The van der Waals surface area contributed by atoms with Crippen molar-refractivity contribution in [1.29, 1.82) is 0 Å². The maximum absolute atomic E-state index is 12.2. The molecule has 0 atom stereocenters. The number of hydrogen-bond donors (Lipinski definition) is 3. The zero-order valence-corrected chi connectivity index (χ0v) is 22.3. The van der Waals surface area contributed by atoms with Gasteiger partial charge in [0.05, 0.1) is 13.2 Å². The number of nitrogens with zero attached hydrogens (tertiary/aromatic N) is 2. The van der Waals surface area contributed by atoms with Gasteiger partial charge < -0.3 is 25.4 Å². The topological polar surface area (TPSA) is 96.9 Å². The molecule has 33 heavy (non-hydrogen) atoms. The third-order valence-electron chi connectivity index (χ3n) is 4.53. The number of aromatic nitrogens is 1. The van der Waals surface area contributed by atoms with Gasteiger partial charge in [0.15, 0.2) is 5.96 Å². The normalized spacial score (nSPS) is 10.8. The van der Waals surface area contributed by atoms with E-state index in [1.54, 1.807) is 13.2 Å². The van der Waals surface area contributed by atoms with Crippen LogP contribution in [0, 0.1) is 13.8 Å². The van der Waals surface area contributed by atoms with Gasteiger partial charge in [0, 0.05) is 50.9 Å². The number of aliphatic imine (C=N–C) groups is 1. The van der Waals surface area contributed by atoms with Crippen molar-refractivity contribution in [2.75, 3.05) is 38.7 Å². The van der Waals surface area contributed by atoms with Gasteiger partial charge in [-0.3, -0.25) is 4.79 Å². The Kier molecular flexibility index (Phi) is 14.1. The van der Waals surface area contributed by atoms with Gasteiger partial charge in [-0.2, -0.15) is 0 Å². The number of anilines is 1. The molecule has 1 amide bonds. The monoisotopic (exact) mass is 569 g/mol. The first kappa shape index (κ1) is 28.6. The molecule has 3 N–H and O–H groups in total. The number of carbonyl (C=O) groups excluding carboxylic acids is 1. The minimum absolute atomic E-state index is 0. The fourth-order valence-corrected chi connectivity index (χ4v) is 2.93. The van der Waals surface area contributed by atoms with E-state index in [4.69, 9.17) is 9.47 Å². The molecule has 8 nitrogen and oxygen atoms in total. The van der Waals surface area contributed by atoms with Crippen molar-refractivity contribution in [3.63, 3.8) is 0 Å². The van der Waals surface area contributed by atoms with Crippen molar-refractivity contribution in [3.05, 3.63) is 53.2 Å². The maximum atomic E-state index is 12.2. The number of halogens is 1. The van der Waals surface area contributed by atoms with Gasteiger partial charge in [-0.15, -0.1) is 24.0 Å². The quantitative estimate of drug-likeness (QED) is 0.156. The van der Waals surface area contributed by atoms with Crippen LogP contribution in [0.1, 0.15) is 36.6 Å². The number of aryl methyl sites for hydroxylation is 2. The largest absolute Gasteiger partial charge is 0.493 e. The van der Waals surface area contributed by atoms with Crippen LogP contribution in [0.15, 0.2) is 41.4 Å². The molecule has 1 heterocycles. The maximum Gasteiger partial charge on any atom is 0.227 e. The zero-order valence-electron chi connectivity index (χ0n) is 19.9. The van der Waals surface area contributed by atoms with Gasteiger partial charge in [-0.1, -0.05) is 18.2 Å². The van der Waals surface area contributed by atoms with Crippen molar-refractivity contribution in [3.8, 4) is 5.75 Å².